The van der Waals surface area contributed by atoms with Crippen molar-refractivity contribution in [3.63, 3.8) is 0 Å². The van der Waals surface area contributed by atoms with Crippen LogP contribution in [0, 0.1) is 5.92 Å². The van der Waals surface area contributed by atoms with Crippen LogP contribution in [0.25, 0.3) is 11.1 Å². The molecule has 2 amide bonds. The Kier molecular flexibility index (Phi) is 6.43. The van der Waals surface area contributed by atoms with Crippen molar-refractivity contribution in [1.82, 2.24) is 14.8 Å². The molecular weight excluding hydrogens is 378 g/mol. The Morgan fingerprint density at radius 3 is 2.80 bits per heavy atom. The fraction of sp³-hybridized carbons (Fsp3) is 0.458. The van der Waals surface area contributed by atoms with Crippen molar-refractivity contribution in [3.8, 4) is 11.1 Å². The lowest BCUT2D eigenvalue weighted by atomic mass is 9.95. The molecule has 2 aromatic rings. The number of hydrogen-bond donors (Lipinski definition) is 0. The van der Waals surface area contributed by atoms with E-state index in [1.807, 2.05) is 41.1 Å². The van der Waals surface area contributed by atoms with Crippen LogP contribution >= 0.6 is 0 Å². The van der Waals surface area contributed by atoms with Crippen molar-refractivity contribution in [2.75, 3.05) is 32.8 Å². The maximum absolute atomic E-state index is 13.2. The average Bonchev–Trinajstić information content (AvgIpc) is 3.28. The van der Waals surface area contributed by atoms with Gasteiger partial charge in [-0.3, -0.25) is 14.6 Å². The van der Waals surface area contributed by atoms with Gasteiger partial charge in [-0.25, -0.2) is 0 Å². The summed E-state index contributed by atoms with van der Waals surface area (Å²) in [6.07, 6.45) is 5.57. The van der Waals surface area contributed by atoms with Gasteiger partial charge in [-0.1, -0.05) is 30.3 Å². The first-order valence-electron chi connectivity index (χ1n) is 10.8. The highest BCUT2D eigenvalue weighted by Gasteiger charge is 2.35. The summed E-state index contributed by atoms with van der Waals surface area (Å²) in [5.74, 6) is -0.0822. The number of carbonyl (C=O) groups is 2. The summed E-state index contributed by atoms with van der Waals surface area (Å²) in [4.78, 5) is 34.1. The summed E-state index contributed by atoms with van der Waals surface area (Å²) in [5.41, 5.74) is 3.23. The highest BCUT2D eigenvalue weighted by molar-refractivity contribution is 5.84. The minimum absolute atomic E-state index is 0.0346. The van der Waals surface area contributed by atoms with Crippen LogP contribution in [0.15, 0.2) is 48.8 Å². The topological polar surface area (TPSA) is 62.7 Å². The van der Waals surface area contributed by atoms with Gasteiger partial charge in [0.25, 0.3) is 5.91 Å². The molecule has 2 atom stereocenters. The van der Waals surface area contributed by atoms with Crippen molar-refractivity contribution in [2.24, 2.45) is 5.92 Å². The van der Waals surface area contributed by atoms with Crippen molar-refractivity contribution < 1.29 is 14.3 Å². The van der Waals surface area contributed by atoms with Crippen LogP contribution in [0.3, 0.4) is 0 Å². The SMILES string of the molecule is CCN1CCN(C(=O)[C@@H]2CCCO2)C[C@H](Cc2cccc(-c3cccnc3)c2)C1=O. The Balaban J connectivity index is 1.54. The Morgan fingerprint density at radius 2 is 2.07 bits per heavy atom. The summed E-state index contributed by atoms with van der Waals surface area (Å²) in [5, 5.41) is 0. The summed E-state index contributed by atoms with van der Waals surface area (Å²) >= 11 is 0. The molecule has 0 aliphatic carbocycles. The molecule has 0 bridgehead atoms. The van der Waals surface area contributed by atoms with E-state index < -0.39 is 0 Å². The van der Waals surface area contributed by atoms with E-state index in [0.717, 1.165) is 29.5 Å². The van der Waals surface area contributed by atoms with Crippen LogP contribution in [0.2, 0.25) is 0 Å². The maximum atomic E-state index is 13.2. The van der Waals surface area contributed by atoms with Crippen molar-refractivity contribution >= 4 is 11.8 Å². The van der Waals surface area contributed by atoms with Gasteiger partial charge in [0.2, 0.25) is 5.91 Å². The van der Waals surface area contributed by atoms with Crippen molar-refractivity contribution in [2.45, 2.75) is 32.3 Å². The molecule has 30 heavy (non-hydrogen) atoms. The van der Waals surface area contributed by atoms with E-state index in [1.165, 1.54) is 0 Å². The van der Waals surface area contributed by atoms with Crippen molar-refractivity contribution in [3.05, 3.63) is 54.4 Å². The zero-order chi connectivity index (χ0) is 20.9. The lowest BCUT2D eigenvalue weighted by Crippen LogP contribution is -2.42. The molecule has 2 saturated heterocycles. The lowest BCUT2D eigenvalue weighted by molar-refractivity contribution is -0.141. The Labute approximate surface area is 177 Å². The third kappa shape index (κ3) is 4.54. The first-order valence-corrected chi connectivity index (χ1v) is 10.8. The quantitative estimate of drug-likeness (QED) is 0.765. The second kappa shape index (κ2) is 9.39. The zero-order valence-corrected chi connectivity index (χ0v) is 17.5. The average molecular weight is 408 g/mol. The number of pyridine rings is 1. The molecule has 0 unspecified atom stereocenters. The van der Waals surface area contributed by atoms with E-state index in [0.29, 0.717) is 39.2 Å². The minimum atomic E-state index is -0.345. The molecule has 0 N–H and O–H groups in total. The standard InChI is InChI=1S/C24H29N3O3/c1-2-26-11-12-27(24(29)22-9-5-13-30-22)17-21(23(26)28)15-18-6-3-7-19(14-18)20-8-4-10-25-16-20/h3-4,6-8,10,14,16,21-22H,2,5,9,11-13,15,17H2,1H3/t21-,22-/m0/s1. The molecule has 2 fully saturated rings. The van der Waals surface area contributed by atoms with Crippen LogP contribution in [0.5, 0.6) is 0 Å². The number of nitrogens with zero attached hydrogens (tertiary/aromatic N) is 3. The van der Waals surface area contributed by atoms with E-state index in [1.54, 1.807) is 6.20 Å². The number of likely N-dealkylation sites (N-methyl/N-ethyl adjacent to an activating group) is 1. The largest absolute Gasteiger partial charge is 0.368 e. The molecule has 1 aromatic heterocycles. The first-order chi connectivity index (χ1) is 14.7. The van der Waals surface area contributed by atoms with E-state index >= 15 is 0 Å². The van der Waals surface area contributed by atoms with Gasteiger partial charge in [0.1, 0.15) is 6.10 Å². The molecule has 1 aromatic carbocycles. The number of carbonyl (C=O) groups excluding carboxylic acids is 2. The summed E-state index contributed by atoms with van der Waals surface area (Å²) in [6, 6.07) is 12.2. The van der Waals surface area contributed by atoms with Crippen LogP contribution in [-0.2, 0) is 20.7 Å². The monoisotopic (exact) mass is 407 g/mol. The molecular formula is C24H29N3O3. The summed E-state index contributed by atoms with van der Waals surface area (Å²) in [6.45, 7) is 4.91. The summed E-state index contributed by atoms with van der Waals surface area (Å²) in [7, 11) is 0. The minimum Gasteiger partial charge on any atom is -0.368 e. The number of rotatable bonds is 5. The highest BCUT2D eigenvalue weighted by atomic mass is 16.5. The van der Waals surface area contributed by atoms with E-state index in [-0.39, 0.29) is 23.8 Å². The van der Waals surface area contributed by atoms with Crippen LogP contribution < -0.4 is 0 Å². The number of aromatic nitrogens is 1. The highest BCUT2D eigenvalue weighted by Crippen LogP contribution is 2.24. The molecule has 6 heteroatoms. The second-order valence-electron chi connectivity index (χ2n) is 8.05. The maximum Gasteiger partial charge on any atom is 0.251 e. The first kappa shape index (κ1) is 20.5. The Hall–Kier alpha value is -2.73. The van der Waals surface area contributed by atoms with Gasteiger partial charge in [-0.2, -0.15) is 0 Å². The van der Waals surface area contributed by atoms with Gasteiger partial charge in [-0.05, 0) is 48.9 Å². The van der Waals surface area contributed by atoms with E-state index in [2.05, 4.69) is 23.2 Å². The molecule has 158 valence electrons. The van der Waals surface area contributed by atoms with Gasteiger partial charge in [-0.15, -0.1) is 0 Å². The molecule has 0 saturated carbocycles. The van der Waals surface area contributed by atoms with E-state index in [4.69, 9.17) is 4.74 Å². The molecule has 4 rings (SSSR count). The van der Waals surface area contributed by atoms with Gasteiger partial charge in [0.05, 0.1) is 5.92 Å². The predicted octanol–water partition coefficient (Wildman–Crippen LogP) is 2.78. The second-order valence-corrected chi connectivity index (χ2v) is 8.05. The lowest BCUT2D eigenvalue weighted by Gasteiger charge is -2.25. The molecule has 2 aliphatic rings. The Bertz CT molecular complexity index is 880. The van der Waals surface area contributed by atoms with Crippen LogP contribution in [0.1, 0.15) is 25.3 Å². The summed E-state index contributed by atoms with van der Waals surface area (Å²) < 4.78 is 5.61. The Morgan fingerprint density at radius 1 is 1.20 bits per heavy atom. The molecule has 3 heterocycles. The third-order valence-electron chi connectivity index (χ3n) is 6.04. The van der Waals surface area contributed by atoms with Gasteiger partial charge in [0.15, 0.2) is 0 Å². The smallest absolute Gasteiger partial charge is 0.251 e. The van der Waals surface area contributed by atoms with Gasteiger partial charge in [0, 0.05) is 45.2 Å². The van der Waals surface area contributed by atoms with Gasteiger partial charge >= 0.3 is 0 Å². The van der Waals surface area contributed by atoms with Crippen molar-refractivity contribution in [1.29, 1.82) is 0 Å². The number of ether oxygens (including phenoxy) is 1. The van der Waals surface area contributed by atoms with E-state index in [9.17, 15) is 9.59 Å². The van der Waals surface area contributed by atoms with Crippen LogP contribution in [-0.4, -0.2) is 65.5 Å². The number of hydrogen-bond acceptors (Lipinski definition) is 4. The fourth-order valence-corrected chi connectivity index (χ4v) is 4.38. The van der Waals surface area contributed by atoms with Crippen LogP contribution in [0.4, 0.5) is 0 Å². The van der Waals surface area contributed by atoms with Gasteiger partial charge < -0.3 is 14.5 Å². The molecule has 2 aliphatic heterocycles. The molecule has 6 nitrogen and oxygen atoms in total. The fourth-order valence-electron chi connectivity index (χ4n) is 4.38. The number of amides is 2. The molecule has 0 spiro atoms. The number of benzene rings is 1. The normalized spacial score (nSPS) is 22.2. The predicted molar refractivity (Wildman–Crippen MR) is 115 cm³/mol. The third-order valence-corrected chi connectivity index (χ3v) is 6.04. The molecule has 0 radical (unpaired) electrons. The zero-order valence-electron chi connectivity index (χ0n) is 17.5.